The van der Waals surface area contributed by atoms with Gasteiger partial charge in [-0.3, -0.25) is 0 Å². The monoisotopic (exact) mass is 150 g/mol. The van der Waals surface area contributed by atoms with Crippen LogP contribution in [0.1, 0.15) is 12.8 Å². The molecule has 1 aliphatic carbocycles. The van der Waals surface area contributed by atoms with Gasteiger partial charge in [0.15, 0.2) is 9.84 Å². The van der Waals surface area contributed by atoms with Gasteiger partial charge in [-0.2, -0.15) is 0 Å². The van der Waals surface area contributed by atoms with Crippen molar-refractivity contribution in [2.24, 2.45) is 0 Å². The van der Waals surface area contributed by atoms with Crippen molar-refractivity contribution in [3.05, 3.63) is 0 Å². The van der Waals surface area contributed by atoms with E-state index in [0.29, 0.717) is 12.8 Å². The lowest BCUT2D eigenvalue weighted by Gasteiger charge is -2.29. The summed E-state index contributed by atoms with van der Waals surface area (Å²) in [5, 5.41) is 8.45. The highest BCUT2D eigenvalue weighted by Gasteiger charge is 2.34. The van der Waals surface area contributed by atoms with Crippen LogP contribution < -0.4 is 0 Å². The fourth-order valence-corrected chi connectivity index (χ4v) is 2.03. The molecule has 1 fully saturated rings. The number of sulfone groups is 1. The maximum atomic E-state index is 10.6. The first-order chi connectivity index (χ1) is 4.00. The molecule has 0 heterocycles. The van der Waals surface area contributed by atoms with E-state index in [1.807, 2.05) is 0 Å². The second-order valence-electron chi connectivity index (χ2n) is 2.58. The SMILES string of the molecule is CS(=O)(=O)[C@H]1C[C@@H](O)C1. The molecule has 0 aliphatic heterocycles. The maximum absolute atomic E-state index is 10.6. The van der Waals surface area contributed by atoms with Crippen LogP contribution in [0, 0.1) is 0 Å². The highest BCUT2D eigenvalue weighted by molar-refractivity contribution is 7.91. The summed E-state index contributed by atoms with van der Waals surface area (Å²) in [4.78, 5) is 0. The number of aliphatic hydroxyl groups is 1. The Morgan fingerprint density at radius 1 is 1.44 bits per heavy atom. The van der Waals surface area contributed by atoms with Crippen molar-refractivity contribution >= 4 is 9.84 Å². The summed E-state index contributed by atoms with van der Waals surface area (Å²) in [6.45, 7) is 0. The lowest BCUT2D eigenvalue weighted by molar-refractivity contribution is 0.0979. The first-order valence-electron chi connectivity index (χ1n) is 2.87. The van der Waals surface area contributed by atoms with Crippen molar-refractivity contribution in [3.63, 3.8) is 0 Å². The highest BCUT2D eigenvalue weighted by Crippen LogP contribution is 2.25. The van der Waals surface area contributed by atoms with Crippen LogP contribution in [-0.2, 0) is 9.84 Å². The number of rotatable bonds is 1. The molecule has 1 saturated carbocycles. The summed E-state index contributed by atoms with van der Waals surface area (Å²) in [6.07, 6.45) is 1.70. The normalized spacial score (nSPS) is 35.8. The lowest BCUT2D eigenvalue weighted by atomic mass is 9.96. The fraction of sp³-hybridized carbons (Fsp3) is 1.00. The standard InChI is InChI=1S/C5H10O3S/c1-9(7,8)5-2-4(6)3-5/h4-6H,2-3H2,1H3/t4-,5+. The van der Waals surface area contributed by atoms with Gasteiger partial charge in [0.25, 0.3) is 0 Å². The minimum Gasteiger partial charge on any atom is -0.393 e. The third-order valence-electron chi connectivity index (χ3n) is 1.68. The van der Waals surface area contributed by atoms with E-state index in [4.69, 9.17) is 5.11 Å². The number of aliphatic hydroxyl groups excluding tert-OH is 1. The molecule has 3 nitrogen and oxygen atoms in total. The van der Waals surface area contributed by atoms with Crippen molar-refractivity contribution in [1.82, 2.24) is 0 Å². The Hall–Kier alpha value is -0.0900. The molecule has 0 amide bonds. The van der Waals surface area contributed by atoms with E-state index in [-0.39, 0.29) is 11.4 Å². The van der Waals surface area contributed by atoms with Crippen molar-refractivity contribution in [2.75, 3.05) is 6.26 Å². The second kappa shape index (κ2) is 1.95. The summed E-state index contributed by atoms with van der Waals surface area (Å²) in [5.41, 5.74) is 0. The average Bonchev–Trinajstić information content (AvgIpc) is 1.55. The minimum atomic E-state index is -2.86. The Morgan fingerprint density at radius 2 is 1.89 bits per heavy atom. The molecule has 4 heteroatoms. The van der Waals surface area contributed by atoms with Gasteiger partial charge in [-0.05, 0) is 12.8 Å². The zero-order chi connectivity index (χ0) is 7.07. The molecular formula is C5H10O3S. The smallest absolute Gasteiger partial charge is 0.150 e. The van der Waals surface area contributed by atoms with Gasteiger partial charge in [-0.25, -0.2) is 8.42 Å². The molecule has 1 aliphatic rings. The molecule has 0 unspecified atom stereocenters. The maximum Gasteiger partial charge on any atom is 0.150 e. The van der Waals surface area contributed by atoms with E-state index in [2.05, 4.69) is 0 Å². The van der Waals surface area contributed by atoms with Gasteiger partial charge < -0.3 is 5.11 Å². The molecule has 0 aromatic rings. The zero-order valence-electron chi connectivity index (χ0n) is 5.24. The van der Waals surface area contributed by atoms with E-state index < -0.39 is 9.84 Å². The van der Waals surface area contributed by atoms with E-state index in [1.165, 1.54) is 6.26 Å². The Kier molecular flexibility index (Phi) is 1.52. The molecule has 1 N–H and O–H groups in total. The van der Waals surface area contributed by atoms with Crippen molar-refractivity contribution < 1.29 is 13.5 Å². The van der Waals surface area contributed by atoms with Crippen molar-refractivity contribution in [2.45, 2.75) is 24.2 Å². The number of hydrogen-bond acceptors (Lipinski definition) is 3. The highest BCUT2D eigenvalue weighted by atomic mass is 32.2. The van der Waals surface area contributed by atoms with E-state index in [9.17, 15) is 8.42 Å². The second-order valence-corrected chi connectivity index (χ2v) is 4.90. The molecule has 1 rings (SSSR count). The molecule has 0 bridgehead atoms. The van der Waals surface area contributed by atoms with Crippen LogP contribution in [0.4, 0.5) is 0 Å². The predicted molar refractivity (Wildman–Crippen MR) is 33.9 cm³/mol. The molecule has 54 valence electrons. The van der Waals surface area contributed by atoms with Crippen LogP contribution in [0.5, 0.6) is 0 Å². The Morgan fingerprint density at radius 3 is 2.00 bits per heavy atom. The number of hydrogen-bond donors (Lipinski definition) is 1. The molecular weight excluding hydrogens is 140 g/mol. The Labute approximate surface area is 54.6 Å². The fourth-order valence-electron chi connectivity index (χ4n) is 0.887. The Bertz CT molecular complexity index is 188. The molecule has 0 saturated heterocycles. The first kappa shape index (κ1) is 7.02. The third kappa shape index (κ3) is 1.43. The topological polar surface area (TPSA) is 54.4 Å². The van der Waals surface area contributed by atoms with Gasteiger partial charge >= 0.3 is 0 Å². The predicted octanol–water partition coefficient (Wildman–Crippen LogP) is -0.446. The zero-order valence-corrected chi connectivity index (χ0v) is 6.06. The quantitative estimate of drug-likeness (QED) is 0.551. The van der Waals surface area contributed by atoms with Crippen molar-refractivity contribution in [3.8, 4) is 0 Å². The van der Waals surface area contributed by atoms with Gasteiger partial charge in [0.1, 0.15) is 0 Å². The van der Waals surface area contributed by atoms with E-state index in [1.54, 1.807) is 0 Å². The Balaban J connectivity index is 2.51. The summed E-state index contributed by atoms with van der Waals surface area (Å²) >= 11 is 0. The van der Waals surface area contributed by atoms with E-state index >= 15 is 0 Å². The molecule has 0 aromatic carbocycles. The van der Waals surface area contributed by atoms with Crippen LogP contribution in [0.15, 0.2) is 0 Å². The van der Waals surface area contributed by atoms with Gasteiger partial charge in [-0.15, -0.1) is 0 Å². The van der Waals surface area contributed by atoms with Gasteiger partial charge in [0, 0.05) is 6.26 Å². The third-order valence-corrected chi connectivity index (χ3v) is 3.27. The lowest BCUT2D eigenvalue weighted by Crippen LogP contribution is -2.38. The van der Waals surface area contributed by atoms with Crippen LogP contribution in [0.25, 0.3) is 0 Å². The molecule has 0 radical (unpaired) electrons. The van der Waals surface area contributed by atoms with E-state index in [0.717, 1.165) is 0 Å². The average molecular weight is 150 g/mol. The summed E-state index contributed by atoms with van der Waals surface area (Å²) in [5.74, 6) is 0. The first-order valence-corrected chi connectivity index (χ1v) is 4.82. The molecule has 0 aromatic heterocycles. The van der Waals surface area contributed by atoms with Gasteiger partial charge in [-0.1, -0.05) is 0 Å². The largest absolute Gasteiger partial charge is 0.393 e. The van der Waals surface area contributed by atoms with Crippen LogP contribution in [-0.4, -0.2) is 31.1 Å². The van der Waals surface area contributed by atoms with Crippen molar-refractivity contribution in [1.29, 1.82) is 0 Å². The van der Waals surface area contributed by atoms with Crippen LogP contribution >= 0.6 is 0 Å². The van der Waals surface area contributed by atoms with Gasteiger partial charge in [0.05, 0.1) is 11.4 Å². The molecule has 9 heavy (non-hydrogen) atoms. The molecule has 0 atom stereocenters. The minimum absolute atomic E-state index is 0.271. The van der Waals surface area contributed by atoms with Crippen LogP contribution in [0.3, 0.4) is 0 Å². The molecule has 0 spiro atoms. The van der Waals surface area contributed by atoms with Crippen LogP contribution in [0.2, 0.25) is 0 Å². The summed E-state index contributed by atoms with van der Waals surface area (Å²) in [6, 6.07) is 0. The van der Waals surface area contributed by atoms with Gasteiger partial charge in [0.2, 0.25) is 0 Å². The summed E-state index contributed by atoms with van der Waals surface area (Å²) < 4.78 is 21.3. The summed E-state index contributed by atoms with van der Waals surface area (Å²) in [7, 11) is -2.86.